The molecule has 0 aliphatic rings. The summed E-state index contributed by atoms with van der Waals surface area (Å²) in [6, 6.07) is 20.9. The molecular weight excluding hydrogens is 418 g/mol. The largest absolute Gasteiger partial charge is 0.495 e. The molecule has 0 unspecified atom stereocenters. The molecule has 1 heterocycles. The Kier molecular flexibility index (Phi) is 5.88. The molecule has 0 radical (unpaired) electrons. The predicted molar refractivity (Wildman–Crippen MR) is 124 cm³/mol. The van der Waals surface area contributed by atoms with Gasteiger partial charge in [-0.15, -0.1) is 0 Å². The van der Waals surface area contributed by atoms with Gasteiger partial charge in [0.25, 0.3) is 0 Å². The number of hydrogen-bond donors (Lipinski definition) is 1. The zero-order valence-electron chi connectivity index (χ0n) is 16.6. The molecule has 1 amide bonds. The van der Waals surface area contributed by atoms with Gasteiger partial charge in [0.05, 0.1) is 23.0 Å². The minimum absolute atomic E-state index is 0.0824. The van der Waals surface area contributed by atoms with Gasteiger partial charge in [-0.1, -0.05) is 53.3 Å². The number of benzene rings is 3. The van der Waals surface area contributed by atoms with Crippen LogP contribution in [0.2, 0.25) is 5.02 Å². The van der Waals surface area contributed by atoms with E-state index in [1.165, 1.54) is 11.3 Å². The van der Waals surface area contributed by atoms with E-state index in [1.807, 2.05) is 78.6 Å². The molecule has 0 aliphatic carbocycles. The molecule has 1 N–H and O–H groups in total. The van der Waals surface area contributed by atoms with Gasteiger partial charge in [-0.3, -0.25) is 4.79 Å². The van der Waals surface area contributed by atoms with Crippen molar-refractivity contribution in [3.05, 3.63) is 77.3 Å². The first kappa shape index (κ1) is 20.2. The number of anilines is 3. The second kappa shape index (κ2) is 8.73. The first-order valence-corrected chi connectivity index (χ1v) is 10.6. The number of amides is 1. The molecule has 152 valence electrons. The molecule has 0 bridgehead atoms. The summed E-state index contributed by atoms with van der Waals surface area (Å²) in [5, 5.41) is 4.31. The molecule has 0 fully saturated rings. The molecule has 0 atom stereocenters. The van der Waals surface area contributed by atoms with Crippen LogP contribution in [0.5, 0.6) is 5.75 Å². The van der Waals surface area contributed by atoms with Crippen LogP contribution in [-0.2, 0) is 4.79 Å². The maximum Gasteiger partial charge on any atom is 0.244 e. The highest BCUT2D eigenvalue weighted by Gasteiger charge is 2.21. The third-order valence-corrected chi connectivity index (χ3v) is 6.20. The molecular formula is C23H20ClN3O2S. The molecule has 7 heteroatoms. The molecule has 4 aromatic rings. The number of nitrogens with zero attached hydrogens (tertiary/aromatic N) is 2. The summed E-state index contributed by atoms with van der Waals surface area (Å²) in [5.74, 6) is 0.425. The van der Waals surface area contributed by atoms with Gasteiger partial charge in [0.2, 0.25) is 5.91 Å². The van der Waals surface area contributed by atoms with E-state index in [4.69, 9.17) is 21.3 Å². The summed E-state index contributed by atoms with van der Waals surface area (Å²) in [5.41, 5.74) is 3.25. The smallest absolute Gasteiger partial charge is 0.244 e. The molecule has 0 aliphatic heterocycles. The maximum atomic E-state index is 13.0. The molecule has 1 aromatic heterocycles. The van der Waals surface area contributed by atoms with E-state index in [1.54, 1.807) is 7.11 Å². The minimum atomic E-state index is -0.182. The Morgan fingerprint density at radius 2 is 1.87 bits per heavy atom. The fourth-order valence-corrected chi connectivity index (χ4v) is 4.35. The highest BCUT2D eigenvalue weighted by molar-refractivity contribution is 7.22. The van der Waals surface area contributed by atoms with Crippen molar-refractivity contribution in [1.82, 2.24) is 4.98 Å². The number of para-hydroxylation sites is 3. The topological polar surface area (TPSA) is 54.5 Å². The Balaban J connectivity index is 1.70. The van der Waals surface area contributed by atoms with Crippen LogP contribution in [0.15, 0.2) is 66.7 Å². The van der Waals surface area contributed by atoms with Crippen molar-refractivity contribution in [2.45, 2.75) is 6.92 Å². The van der Waals surface area contributed by atoms with Gasteiger partial charge >= 0.3 is 0 Å². The van der Waals surface area contributed by atoms with E-state index in [0.29, 0.717) is 16.5 Å². The molecule has 30 heavy (non-hydrogen) atoms. The number of nitrogens with one attached hydrogen (secondary N) is 1. The Labute approximate surface area is 183 Å². The van der Waals surface area contributed by atoms with Gasteiger partial charge in [-0.05, 0) is 48.9 Å². The number of hydrogen-bond acceptors (Lipinski definition) is 5. The van der Waals surface area contributed by atoms with Gasteiger partial charge in [0.1, 0.15) is 12.3 Å². The quantitative estimate of drug-likeness (QED) is 0.399. The van der Waals surface area contributed by atoms with Crippen LogP contribution in [0, 0.1) is 6.92 Å². The highest BCUT2D eigenvalue weighted by atomic mass is 35.5. The van der Waals surface area contributed by atoms with E-state index in [2.05, 4.69) is 5.32 Å². The number of carbonyl (C=O) groups is 1. The van der Waals surface area contributed by atoms with E-state index in [-0.39, 0.29) is 12.5 Å². The zero-order valence-corrected chi connectivity index (χ0v) is 18.1. The second-order valence-corrected chi connectivity index (χ2v) is 8.10. The van der Waals surface area contributed by atoms with E-state index < -0.39 is 0 Å². The molecule has 0 saturated heterocycles. The van der Waals surface area contributed by atoms with Crippen molar-refractivity contribution < 1.29 is 9.53 Å². The zero-order chi connectivity index (χ0) is 21.1. The average Bonchev–Trinajstić information content (AvgIpc) is 3.18. The molecule has 3 aromatic carbocycles. The summed E-state index contributed by atoms with van der Waals surface area (Å²) >= 11 is 7.91. The number of methoxy groups -OCH3 is 1. The lowest BCUT2D eigenvalue weighted by atomic mass is 10.2. The molecule has 0 saturated carbocycles. The van der Waals surface area contributed by atoms with Gasteiger partial charge < -0.3 is 15.0 Å². The normalized spacial score (nSPS) is 10.8. The van der Waals surface area contributed by atoms with Gasteiger partial charge in [-0.2, -0.15) is 0 Å². The number of fused-ring (bicyclic) bond motifs is 1. The SMILES string of the molecule is COc1ccccc1NC(=O)CN(c1nc2ccccc2s1)c1cccc(Cl)c1C. The molecule has 5 nitrogen and oxygen atoms in total. The first-order valence-electron chi connectivity index (χ1n) is 9.38. The first-order chi connectivity index (χ1) is 14.6. The predicted octanol–water partition coefficient (Wildman–Crippen LogP) is 6.04. The average molecular weight is 438 g/mol. The van der Waals surface area contributed by atoms with Crippen LogP contribution >= 0.6 is 22.9 Å². The standard InChI is InChI=1S/C23H20ClN3O2S/c1-15-16(24)8-7-11-19(15)27(23-26-18-10-4-6-13-21(18)30-23)14-22(28)25-17-9-3-5-12-20(17)29-2/h3-13H,14H2,1-2H3,(H,25,28). The number of ether oxygens (including phenoxy) is 1. The lowest BCUT2D eigenvalue weighted by Crippen LogP contribution is -2.30. The Morgan fingerprint density at radius 3 is 2.67 bits per heavy atom. The summed E-state index contributed by atoms with van der Waals surface area (Å²) in [7, 11) is 1.58. The molecule has 4 rings (SSSR count). The fraction of sp³-hybridized carbons (Fsp3) is 0.130. The van der Waals surface area contributed by atoms with E-state index in [0.717, 1.165) is 26.6 Å². The van der Waals surface area contributed by atoms with Crippen LogP contribution in [0.3, 0.4) is 0 Å². The third kappa shape index (κ3) is 4.10. The fourth-order valence-electron chi connectivity index (χ4n) is 3.20. The van der Waals surface area contributed by atoms with E-state index >= 15 is 0 Å². The molecule has 0 spiro atoms. The van der Waals surface area contributed by atoms with Crippen molar-refractivity contribution in [3.8, 4) is 5.75 Å². The third-order valence-electron chi connectivity index (χ3n) is 4.73. The van der Waals surface area contributed by atoms with Crippen molar-refractivity contribution in [1.29, 1.82) is 0 Å². The second-order valence-electron chi connectivity index (χ2n) is 6.68. The lowest BCUT2D eigenvalue weighted by molar-refractivity contribution is -0.114. The van der Waals surface area contributed by atoms with Gasteiger partial charge in [-0.25, -0.2) is 4.98 Å². The van der Waals surface area contributed by atoms with Crippen molar-refractivity contribution in [2.75, 3.05) is 23.9 Å². The number of aromatic nitrogens is 1. The van der Waals surface area contributed by atoms with Crippen molar-refractivity contribution >= 4 is 55.6 Å². The van der Waals surface area contributed by atoms with Crippen molar-refractivity contribution in [2.24, 2.45) is 0 Å². The van der Waals surface area contributed by atoms with Gasteiger partial charge in [0, 0.05) is 10.7 Å². The van der Waals surface area contributed by atoms with Crippen LogP contribution in [0.4, 0.5) is 16.5 Å². The monoisotopic (exact) mass is 437 g/mol. The summed E-state index contributed by atoms with van der Waals surface area (Å²) in [6.45, 7) is 2.02. The van der Waals surface area contributed by atoms with E-state index in [9.17, 15) is 4.79 Å². The summed E-state index contributed by atoms with van der Waals surface area (Å²) in [6.07, 6.45) is 0. The number of halogens is 1. The minimum Gasteiger partial charge on any atom is -0.495 e. The summed E-state index contributed by atoms with van der Waals surface area (Å²) < 4.78 is 6.40. The van der Waals surface area contributed by atoms with Crippen LogP contribution in [0.1, 0.15) is 5.56 Å². The Bertz CT molecular complexity index is 1180. The number of rotatable bonds is 6. The van der Waals surface area contributed by atoms with Crippen molar-refractivity contribution in [3.63, 3.8) is 0 Å². The number of thiazole rings is 1. The highest BCUT2D eigenvalue weighted by Crippen LogP contribution is 2.36. The lowest BCUT2D eigenvalue weighted by Gasteiger charge is -2.24. The van der Waals surface area contributed by atoms with Crippen LogP contribution in [-0.4, -0.2) is 24.5 Å². The Morgan fingerprint density at radius 1 is 1.10 bits per heavy atom. The maximum absolute atomic E-state index is 13.0. The van der Waals surface area contributed by atoms with Gasteiger partial charge in [0.15, 0.2) is 5.13 Å². The van der Waals surface area contributed by atoms with Crippen LogP contribution < -0.4 is 15.0 Å². The Hall–Kier alpha value is -3.09. The number of carbonyl (C=O) groups excluding carboxylic acids is 1. The van der Waals surface area contributed by atoms with Crippen LogP contribution in [0.25, 0.3) is 10.2 Å². The summed E-state index contributed by atoms with van der Waals surface area (Å²) in [4.78, 5) is 19.6.